The van der Waals surface area contributed by atoms with Gasteiger partial charge in [0, 0.05) is 12.6 Å². The molecule has 3 N–H and O–H groups in total. The van der Waals surface area contributed by atoms with Crippen LogP contribution in [-0.4, -0.2) is 37.5 Å². The summed E-state index contributed by atoms with van der Waals surface area (Å²) in [5.41, 5.74) is 6.15. The summed E-state index contributed by atoms with van der Waals surface area (Å²) >= 11 is 0. The van der Waals surface area contributed by atoms with E-state index in [4.69, 9.17) is 5.73 Å². The van der Waals surface area contributed by atoms with E-state index < -0.39 is 5.54 Å². The van der Waals surface area contributed by atoms with Crippen molar-refractivity contribution in [2.75, 3.05) is 20.6 Å². The van der Waals surface area contributed by atoms with Crippen LogP contribution in [0.4, 0.5) is 0 Å². The summed E-state index contributed by atoms with van der Waals surface area (Å²) in [5.74, 6) is 0.561. The van der Waals surface area contributed by atoms with Gasteiger partial charge < -0.3 is 16.0 Å². The molecule has 0 heterocycles. The third-order valence-corrected chi connectivity index (χ3v) is 5.17. The fraction of sp³-hybridized carbons (Fsp3) is 0.632. The Kier molecular flexibility index (Phi) is 6.19. The molecule has 1 amide bonds. The predicted molar refractivity (Wildman–Crippen MR) is 95.0 cm³/mol. The van der Waals surface area contributed by atoms with E-state index in [9.17, 15) is 4.79 Å². The molecule has 1 saturated carbocycles. The number of carbonyl (C=O) groups excluding carboxylic acids is 1. The summed E-state index contributed by atoms with van der Waals surface area (Å²) < 4.78 is 0. The Hall–Kier alpha value is -1.39. The summed E-state index contributed by atoms with van der Waals surface area (Å²) in [6.45, 7) is 2.44. The average molecular weight is 317 g/mol. The summed E-state index contributed by atoms with van der Waals surface area (Å²) in [4.78, 5) is 14.9. The third-order valence-electron chi connectivity index (χ3n) is 5.17. The van der Waals surface area contributed by atoms with Gasteiger partial charge in [0.25, 0.3) is 0 Å². The zero-order valence-corrected chi connectivity index (χ0v) is 14.7. The Morgan fingerprint density at radius 3 is 2.43 bits per heavy atom. The largest absolute Gasteiger partial charge is 0.353 e. The molecule has 2 rings (SSSR count). The maximum atomic E-state index is 12.6. The molecule has 0 aliphatic heterocycles. The van der Waals surface area contributed by atoms with Crippen molar-refractivity contribution in [2.24, 2.45) is 11.7 Å². The highest BCUT2D eigenvalue weighted by molar-refractivity contribution is 5.87. The number of likely N-dealkylation sites (N-methyl/N-ethyl adjacent to an activating group) is 1. The number of rotatable bonds is 6. The highest BCUT2D eigenvalue weighted by Gasteiger charge is 2.32. The molecule has 1 aliphatic rings. The molecule has 4 nitrogen and oxygen atoms in total. The van der Waals surface area contributed by atoms with Gasteiger partial charge in [-0.15, -0.1) is 0 Å². The van der Waals surface area contributed by atoms with Gasteiger partial charge in [0.05, 0.1) is 0 Å². The van der Waals surface area contributed by atoms with Crippen molar-refractivity contribution in [2.45, 2.75) is 50.6 Å². The quantitative estimate of drug-likeness (QED) is 0.847. The molecule has 0 bridgehead atoms. The zero-order valence-electron chi connectivity index (χ0n) is 14.7. The van der Waals surface area contributed by atoms with Gasteiger partial charge in [0.15, 0.2) is 0 Å². The standard InChI is InChI=1S/C19H31N3O/c1-19(20,16-12-8-5-9-13-16)18(23)21-14-17(22(2)3)15-10-6-4-7-11-15/h5,8-9,12-13,15,17H,4,6-7,10-11,14,20H2,1-3H3,(H,21,23). The average Bonchev–Trinajstić information content (AvgIpc) is 2.56. The van der Waals surface area contributed by atoms with Crippen LogP contribution in [0.5, 0.6) is 0 Å². The smallest absolute Gasteiger partial charge is 0.244 e. The lowest BCUT2D eigenvalue weighted by molar-refractivity contribution is -0.126. The second kappa shape index (κ2) is 7.93. The van der Waals surface area contributed by atoms with E-state index in [1.807, 2.05) is 30.3 Å². The fourth-order valence-electron chi connectivity index (χ4n) is 3.59. The van der Waals surface area contributed by atoms with Gasteiger partial charge in [-0.3, -0.25) is 4.79 Å². The molecular weight excluding hydrogens is 286 g/mol. The molecule has 128 valence electrons. The van der Waals surface area contributed by atoms with Crippen LogP contribution in [0.25, 0.3) is 0 Å². The Morgan fingerprint density at radius 2 is 1.87 bits per heavy atom. The maximum Gasteiger partial charge on any atom is 0.244 e. The number of nitrogens with zero attached hydrogens (tertiary/aromatic N) is 1. The fourth-order valence-corrected chi connectivity index (χ4v) is 3.59. The second-order valence-corrected chi connectivity index (χ2v) is 7.21. The highest BCUT2D eigenvalue weighted by Crippen LogP contribution is 2.28. The Balaban J connectivity index is 1.98. The SMILES string of the molecule is CN(C)C(CNC(=O)C(C)(N)c1ccccc1)C1CCCCC1. The van der Waals surface area contributed by atoms with Crippen molar-refractivity contribution >= 4 is 5.91 Å². The molecule has 0 aromatic heterocycles. The van der Waals surface area contributed by atoms with Crippen LogP contribution < -0.4 is 11.1 Å². The van der Waals surface area contributed by atoms with E-state index in [0.717, 1.165) is 5.56 Å². The van der Waals surface area contributed by atoms with Gasteiger partial charge in [-0.2, -0.15) is 0 Å². The lowest BCUT2D eigenvalue weighted by Gasteiger charge is -2.35. The predicted octanol–water partition coefficient (Wildman–Crippen LogP) is 2.49. The molecule has 1 aliphatic carbocycles. The summed E-state index contributed by atoms with van der Waals surface area (Å²) in [5, 5.41) is 3.09. The number of hydrogen-bond acceptors (Lipinski definition) is 3. The van der Waals surface area contributed by atoms with E-state index in [1.165, 1.54) is 32.1 Å². The van der Waals surface area contributed by atoms with E-state index >= 15 is 0 Å². The molecule has 0 saturated heterocycles. The Labute approximate surface area is 140 Å². The summed E-state index contributed by atoms with van der Waals surface area (Å²) in [6, 6.07) is 9.96. The van der Waals surface area contributed by atoms with Gasteiger partial charge in [0.2, 0.25) is 5.91 Å². The third kappa shape index (κ3) is 4.55. The summed E-state index contributed by atoms with van der Waals surface area (Å²) in [7, 11) is 4.20. The van der Waals surface area contributed by atoms with Gasteiger partial charge in [-0.1, -0.05) is 49.6 Å². The first-order chi connectivity index (χ1) is 10.9. The number of carbonyl (C=O) groups is 1. The lowest BCUT2D eigenvalue weighted by Crippen LogP contribution is -2.53. The minimum absolute atomic E-state index is 0.105. The van der Waals surface area contributed by atoms with Gasteiger partial charge >= 0.3 is 0 Å². The lowest BCUT2D eigenvalue weighted by atomic mass is 9.83. The molecule has 1 aromatic rings. The molecule has 1 aromatic carbocycles. The van der Waals surface area contributed by atoms with Crippen molar-refractivity contribution in [1.82, 2.24) is 10.2 Å². The van der Waals surface area contributed by atoms with Crippen molar-refractivity contribution in [3.63, 3.8) is 0 Å². The molecule has 1 fully saturated rings. The van der Waals surface area contributed by atoms with Crippen LogP contribution in [0.3, 0.4) is 0 Å². The van der Waals surface area contributed by atoms with E-state index in [2.05, 4.69) is 24.3 Å². The van der Waals surface area contributed by atoms with Gasteiger partial charge in [-0.05, 0) is 45.3 Å². The number of nitrogens with one attached hydrogen (secondary N) is 1. The number of amides is 1. The topological polar surface area (TPSA) is 58.4 Å². The number of hydrogen-bond donors (Lipinski definition) is 2. The first-order valence-electron chi connectivity index (χ1n) is 8.72. The Morgan fingerprint density at radius 1 is 1.26 bits per heavy atom. The normalized spacial score (nSPS) is 20.0. The maximum absolute atomic E-state index is 12.6. The molecule has 4 heteroatoms. The monoisotopic (exact) mass is 317 g/mol. The van der Waals surface area contributed by atoms with Crippen LogP contribution in [0.2, 0.25) is 0 Å². The highest BCUT2D eigenvalue weighted by atomic mass is 16.2. The van der Waals surface area contributed by atoms with Crippen LogP contribution in [0.15, 0.2) is 30.3 Å². The van der Waals surface area contributed by atoms with Crippen LogP contribution in [0.1, 0.15) is 44.6 Å². The number of nitrogens with two attached hydrogens (primary N) is 1. The van der Waals surface area contributed by atoms with E-state index in [1.54, 1.807) is 6.92 Å². The van der Waals surface area contributed by atoms with E-state index in [-0.39, 0.29) is 5.91 Å². The zero-order chi connectivity index (χ0) is 16.9. The molecule has 2 unspecified atom stereocenters. The molecule has 23 heavy (non-hydrogen) atoms. The second-order valence-electron chi connectivity index (χ2n) is 7.21. The van der Waals surface area contributed by atoms with Crippen molar-refractivity contribution in [3.05, 3.63) is 35.9 Å². The molecular formula is C19H31N3O. The van der Waals surface area contributed by atoms with Crippen LogP contribution >= 0.6 is 0 Å². The van der Waals surface area contributed by atoms with Crippen molar-refractivity contribution in [3.8, 4) is 0 Å². The molecule has 0 radical (unpaired) electrons. The minimum Gasteiger partial charge on any atom is -0.353 e. The van der Waals surface area contributed by atoms with Crippen molar-refractivity contribution < 1.29 is 4.79 Å². The van der Waals surface area contributed by atoms with Gasteiger partial charge in [0.1, 0.15) is 5.54 Å². The van der Waals surface area contributed by atoms with Crippen LogP contribution in [0, 0.1) is 5.92 Å². The molecule has 2 atom stereocenters. The van der Waals surface area contributed by atoms with Crippen molar-refractivity contribution in [1.29, 1.82) is 0 Å². The van der Waals surface area contributed by atoms with E-state index in [0.29, 0.717) is 18.5 Å². The Bertz CT molecular complexity index is 493. The van der Waals surface area contributed by atoms with Gasteiger partial charge in [-0.25, -0.2) is 0 Å². The minimum atomic E-state index is -0.995. The molecule has 0 spiro atoms. The first-order valence-corrected chi connectivity index (χ1v) is 8.72. The number of benzene rings is 1. The first kappa shape index (κ1) is 18.0. The van der Waals surface area contributed by atoms with Crippen LogP contribution in [-0.2, 0) is 10.3 Å². The summed E-state index contributed by atoms with van der Waals surface area (Å²) in [6.07, 6.45) is 6.48.